The van der Waals surface area contributed by atoms with Crippen molar-refractivity contribution in [3.8, 4) is 5.75 Å². The molecule has 0 aliphatic heterocycles. The molecule has 0 radical (unpaired) electrons. The van der Waals surface area contributed by atoms with E-state index in [2.05, 4.69) is 20.8 Å². The summed E-state index contributed by atoms with van der Waals surface area (Å²) >= 11 is 0. The van der Waals surface area contributed by atoms with Crippen molar-refractivity contribution in [1.29, 1.82) is 0 Å². The van der Waals surface area contributed by atoms with Crippen LogP contribution in [0.1, 0.15) is 40.0 Å². The SMILES string of the molecule is CC1CC(Oc2ccc(S(N)(=O)=O)c(N)c2)CC(C)(C)C1. The molecule has 0 amide bonds. The number of primary sulfonamides is 1. The fourth-order valence-corrected chi connectivity index (χ4v) is 4.04. The predicted molar refractivity (Wildman–Crippen MR) is 83.4 cm³/mol. The highest BCUT2D eigenvalue weighted by atomic mass is 32.2. The Morgan fingerprint density at radius 3 is 2.48 bits per heavy atom. The number of anilines is 1. The molecular weight excluding hydrogens is 288 g/mol. The summed E-state index contributed by atoms with van der Waals surface area (Å²) in [5.74, 6) is 1.20. The maximum absolute atomic E-state index is 11.3. The van der Waals surface area contributed by atoms with Crippen LogP contribution in [0.2, 0.25) is 0 Å². The number of hydrogen-bond acceptors (Lipinski definition) is 4. The zero-order valence-electron chi connectivity index (χ0n) is 12.8. The highest BCUT2D eigenvalue weighted by Crippen LogP contribution is 2.40. The summed E-state index contributed by atoms with van der Waals surface area (Å²) in [6.07, 6.45) is 3.30. The van der Waals surface area contributed by atoms with Gasteiger partial charge in [-0.3, -0.25) is 0 Å². The lowest BCUT2D eigenvalue weighted by molar-refractivity contribution is 0.0563. The first-order valence-corrected chi connectivity index (χ1v) is 8.70. The first kappa shape index (κ1) is 16.1. The largest absolute Gasteiger partial charge is 0.490 e. The zero-order valence-corrected chi connectivity index (χ0v) is 13.6. The fraction of sp³-hybridized carbons (Fsp3) is 0.600. The third-order valence-corrected chi connectivity index (χ3v) is 4.92. The van der Waals surface area contributed by atoms with Crippen molar-refractivity contribution in [2.24, 2.45) is 16.5 Å². The molecule has 1 aromatic carbocycles. The summed E-state index contributed by atoms with van der Waals surface area (Å²) in [5.41, 5.74) is 6.14. The number of nitrogens with two attached hydrogens (primary N) is 2. The van der Waals surface area contributed by atoms with Gasteiger partial charge in [-0.25, -0.2) is 13.6 Å². The molecule has 0 heterocycles. The van der Waals surface area contributed by atoms with Crippen molar-refractivity contribution < 1.29 is 13.2 Å². The Morgan fingerprint density at radius 2 is 1.95 bits per heavy atom. The second kappa shape index (κ2) is 5.50. The number of ether oxygens (including phenoxy) is 1. The van der Waals surface area contributed by atoms with Gasteiger partial charge < -0.3 is 10.5 Å². The molecule has 2 rings (SSSR count). The minimum Gasteiger partial charge on any atom is -0.490 e. The van der Waals surface area contributed by atoms with Gasteiger partial charge >= 0.3 is 0 Å². The Bertz CT molecular complexity index is 626. The first-order valence-electron chi connectivity index (χ1n) is 7.16. The molecule has 1 saturated carbocycles. The van der Waals surface area contributed by atoms with E-state index in [9.17, 15) is 8.42 Å². The molecule has 0 spiro atoms. The molecule has 1 fully saturated rings. The predicted octanol–water partition coefficient (Wildman–Crippen LogP) is 2.51. The molecule has 0 saturated heterocycles. The lowest BCUT2D eigenvalue weighted by Crippen LogP contribution is -2.34. The molecule has 5 nitrogen and oxygen atoms in total. The number of rotatable bonds is 3. The average Bonchev–Trinajstić information content (AvgIpc) is 2.23. The van der Waals surface area contributed by atoms with E-state index < -0.39 is 10.0 Å². The van der Waals surface area contributed by atoms with Gasteiger partial charge in [0, 0.05) is 6.07 Å². The van der Waals surface area contributed by atoms with Crippen LogP contribution in [0, 0.1) is 11.3 Å². The van der Waals surface area contributed by atoms with Crippen LogP contribution in [0.5, 0.6) is 5.75 Å². The van der Waals surface area contributed by atoms with E-state index in [0.29, 0.717) is 11.7 Å². The smallest absolute Gasteiger partial charge is 0.240 e. The van der Waals surface area contributed by atoms with Gasteiger partial charge in [-0.05, 0) is 42.7 Å². The standard InChI is InChI=1S/C15H24N2O3S/c1-10-6-12(9-15(2,3)8-10)20-11-4-5-14(13(16)7-11)21(17,18)19/h4-5,7,10,12H,6,8-9,16H2,1-3H3,(H2,17,18,19). The van der Waals surface area contributed by atoms with E-state index in [0.717, 1.165) is 12.8 Å². The van der Waals surface area contributed by atoms with Crippen LogP contribution >= 0.6 is 0 Å². The number of sulfonamides is 1. The van der Waals surface area contributed by atoms with Crippen LogP contribution < -0.4 is 15.6 Å². The van der Waals surface area contributed by atoms with Gasteiger partial charge in [0.15, 0.2) is 0 Å². The fourth-order valence-electron chi connectivity index (χ4n) is 3.40. The third kappa shape index (κ3) is 4.11. The molecule has 0 aromatic heterocycles. The highest BCUT2D eigenvalue weighted by molar-refractivity contribution is 7.89. The summed E-state index contributed by atoms with van der Waals surface area (Å²) in [4.78, 5) is -0.0628. The topological polar surface area (TPSA) is 95.4 Å². The van der Waals surface area contributed by atoms with Gasteiger partial charge in [-0.15, -0.1) is 0 Å². The van der Waals surface area contributed by atoms with E-state index in [-0.39, 0.29) is 22.1 Å². The maximum atomic E-state index is 11.3. The van der Waals surface area contributed by atoms with Gasteiger partial charge in [-0.2, -0.15) is 0 Å². The van der Waals surface area contributed by atoms with Crippen LogP contribution in [0.25, 0.3) is 0 Å². The highest BCUT2D eigenvalue weighted by Gasteiger charge is 2.33. The summed E-state index contributed by atoms with van der Waals surface area (Å²) in [6.45, 7) is 6.73. The van der Waals surface area contributed by atoms with Gasteiger partial charge in [0.05, 0.1) is 11.8 Å². The molecule has 4 N–H and O–H groups in total. The number of nitrogen functional groups attached to an aromatic ring is 1. The molecular formula is C15H24N2O3S. The van der Waals surface area contributed by atoms with Crippen molar-refractivity contribution in [3.63, 3.8) is 0 Å². The Balaban J connectivity index is 2.15. The van der Waals surface area contributed by atoms with Crippen LogP contribution in [-0.2, 0) is 10.0 Å². The molecule has 1 aliphatic carbocycles. The van der Waals surface area contributed by atoms with Gasteiger partial charge in [0.2, 0.25) is 10.0 Å². The zero-order chi connectivity index (χ0) is 15.8. The van der Waals surface area contributed by atoms with Gasteiger partial charge in [0.1, 0.15) is 10.6 Å². The Labute approximate surface area is 126 Å². The van der Waals surface area contributed by atoms with E-state index in [4.69, 9.17) is 15.6 Å². The van der Waals surface area contributed by atoms with Crippen molar-refractivity contribution in [2.75, 3.05) is 5.73 Å². The lowest BCUT2D eigenvalue weighted by Gasteiger charge is -2.38. The van der Waals surface area contributed by atoms with Crippen molar-refractivity contribution in [1.82, 2.24) is 0 Å². The van der Waals surface area contributed by atoms with Crippen LogP contribution in [0.3, 0.4) is 0 Å². The van der Waals surface area contributed by atoms with Crippen LogP contribution in [0.4, 0.5) is 5.69 Å². The molecule has 1 aliphatic rings. The van der Waals surface area contributed by atoms with Crippen molar-refractivity contribution in [2.45, 2.75) is 51.0 Å². The second-order valence-electron chi connectivity index (χ2n) is 6.90. The molecule has 118 valence electrons. The molecule has 0 bridgehead atoms. The molecule has 1 aromatic rings. The Morgan fingerprint density at radius 1 is 1.29 bits per heavy atom. The molecule has 21 heavy (non-hydrogen) atoms. The summed E-state index contributed by atoms with van der Waals surface area (Å²) in [6, 6.07) is 4.55. The van der Waals surface area contributed by atoms with Crippen LogP contribution in [0.15, 0.2) is 23.1 Å². The van der Waals surface area contributed by atoms with Crippen LogP contribution in [-0.4, -0.2) is 14.5 Å². The van der Waals surface area contributed by atoms with Crippen molar-refractivity contribution >= 4 is 15.7 Å². The molecule has 2 atom stereocenters. The Kier molecular flexibility index (Phi) is 4.22. The number of hydrogen-bond donors (Lipinski definition) is 2. The van der Waals surface area contributed by atoms with Gasteiger partial charge in [0.25, 0.3) is 0 Å². The minimum atomic E-state index is -3.79. The van der Waals surface area contributed by atoms with E-state index in [1.807, 2.05) is 0 Å². The Hall–Kier alpha value is -1.27. The lowest BCUT2D eigenvalue weighted by atomic mass is 9.71. The van der Waals surface area contributed by atoms with Crippen molar-refractivity contribution in [3.05, 3.63) is 18.2 Å². The maximum Gasteiger partial charge on any atom is 0.240 e. The normalized spacial score (nSPS) is 25.5. The molecule has 6 heteroatoms. The summed E-state index contributed by atoms with van der Waals surface area (Å²) in [5, 5.41) is 5.10. The monoisotopic (exact) mass is 312 g/mol. The van der Waals surface area contributed by atoms with E-state index in [1.165, 1.54) is 18.6 Å². The van der Waals surface area contributed by atoms with Gasteiger partial charge in [-0.1, -0.05) is 20.8 Å². The molecule has 2 unspecified atom stereocenters. The average molecular weight is 312 g/mol. The quantitative estimate of drug-likeness (QED) is 0.838. The van der Waals surface area contributed by atoms with E-state index >= 15 is 0 Å². The minimum absolute atomic E-state index is 0.0628. The third-order valence-electron chi connectivity index (χ3n) is 3.94. The number of benzene rings is 1. The summed E-state index contributed by atoms with van der Waals surface area (Å²) < 4.78 is 28.7. The first-order chi connectivity index (χ1) is 9.57. The second-order valence-corrected chi connectivity index (χ2v) is 8.43. The summed E-state index contributed by atoms with van der Waals surface area (Å²) in [7, 11) is -3.79. The van der Waals surface area contributed by atoms with E-state index in [1.54, 1.807) is 6.07 Å².